The summed E-state index contributed by atoms with van der Waals surface area (Å²) in [5.41, 5.74) is 7.26. The molecule has 0 saturated carbocycles. The molecule has 2 N–H and O–H groups in total. The van der Waals surface area contributed by atoms with Gasteiger partial charge in [0, 0.05) is 11.3 Å². The smallest absolute Gasteiger partial charge is 0.0474 e. The SMILES string of the molecule is CC#Cc1ccccc1N.Cl. The van der Waals surface area contributed by atoms with Crippen LogP contribution < -0.4 is 5.73 Å². The Hall–Kier alpha value is -1.13. The third kappa shape index (κ3) is 2.53. The summed E-state index contributed by atoms with van der Waals surface area (Å²) in [5, 5.41) is 0. The lowest BCUT2D eigenvalue weighted by Gasteiger charge is -1.93. The van der Waals surface area contributed by atoms with Gasteiger partial charge in [0.2, 0.25) is 0 Å². The van der Waals surface area contributed by atoms with E-state index in [2.05, 4.69) is 11.8 Å². The fourth-order valence-corrected chi connectivity index (χ4v) is 0.746. The van der Waals surface area contributed by atoms with Crippen molar-refractivity contribution < 1.29 is 0 Å². The summed E-state index contributed by atoms with van der Waals surface area (Å²) in [6.07, 6.45) is 0. The fourth-order valence-electron chi connectivity index (χ4n) is 0.746. The van der Waals surface area contributed by atoms with Crippen LogP contribution in [0.25, 0.3) is 0 Å². The predicted molar refractivity (Wildman–Crippen MR) is 50.7 cm³/mol. The molecular weight excluding hydrogens is 158 g/mol. The summed E-state index contributed by atoms with van der Waals surface area (Å²) in [7, 11) is 0. The molecule has 0 heterocycles. The van der Waals surface area contributed by atoms with E-state index in [1.165, 1.54) is 0 Å². The Bertz CT molecular complexity index is 283. The number of benzene rings is 1. The molecule has 0 aromatic heterocycles. The van der Waals surface area contributed by atoms with Gasteiger partial charge in [0.15, 0.2) is 0 Å². The van der Waals surface area contributed by atoms with E-state index >= 15 is 0 Å². The molecule has 0 aliphatic heterocycles. The molecule has 1 aromatic rings. The first-order valence-electron chi connectivity index (χ1n) is 3.12. The van der Waals surface area contributed by atoms with E-state index < -0.39 is 0 Å². The molecule has 0 saturated heterocycles. The summed E-state index contributed by atoms with van der Waals surface area (Å²) in [4.78, 5) is 0. The molecule has 0 radical (unpaired) electrons. The highest BCUT2D eigenvalue weighted by atomic mass is 35.5. The number of hydrogen-bond acceptors (Lipinski definition) is 1. The summed E-state index contributed by atoms with van der Waals surface area (Å²) in [6.45, 7) is 1.80. The first-order chi connectivity index (χ1) is 4.84. The molecule has 0 bridgehead atoms. The zero-order valence-corrected chi connectivity index (χ0v) is 7.11. The van der Waals surface area contributed by atoms with Crippen LogP contribution in [0.2, 0.25) is 0 Å². The second kappa shape index (κ2) is 4.65. The van der Waals surface area contributed by atoms with E-state index in [1.807, 2.05) is 24.3 Å². The maximum absolute atomic E-state index is 5.60. The van der Waals surface area contributed by atoms with Crippen molar-refractivity contribution in [3.63, 3.8) is 0 Å². The fraction of sp³-hybridized carbons (Fsp3) is 0.111. The van der Waals surface area contributed by atoms with Gasteiger partial charge in [0.05, 0.1) is 0 Å². The lowest BCUT2D eigenvalue weighted by atomic mass is 10.2. The number of anilines is 1. The van der Waals surface area contributed by atoms with Crippen LogP contribution in [0.4, 0.5) is 5.69 Å². The van der Waals surface area contributed by atoms with Gasteiger partial charge in [-0.1, -0.05) is 18.1 Å². The van der Waals surface area contributed by atoms with E-state index in [1.54, 1.807) is 6.92 Å². The Morgan fingerprint density at radius 2 is 1.91 bits per heavy atom. The largest absolute Gasteiger partial charge is 0.398 e. The van der Waals surface area contributed by atoms with Crippen LogP contribution in [0.15, 0.2) is 24.3 Å². The number of nitrogen functional groups attached to an aromatic ring is 1. The van der Waals surface area contributed by atoms with Gasteiger partial charge in [0.1, 0.15) is 0 Å². The Balaban J connectivity index is 0.000001000. The summed E-state index contributed by atoms with van der Waals surface area (Å²) < 4.78 is 0. The van der Waals surface area contributed by atoms with E-state index in [4.69, 9.17) is 5.73 Å². The Morgan fingerprint density at radius 3 is 2.45 bits per heavy atom. The van der Waals surface area contributed by atoms with Crippen LogP contribution in [0.1, 0.15) is 12.5 Å². The van der Waals surface area contributed by atoms with Crippen molar-refractivity contribution in [2.75, 3.05) is 5.73 Å². The Kier molecular flexibility index (Phi) is 4.17. The highest BCUT2D eigenvalue weighted by Gasteiger charge is 1.88. The average Bonchev–Trinajstić information content (AvgIpc) is 1.94. The maximum Gasteiger partial charge on any atom is 0.0474 e. The van der Waals surface area contributed by atoms with Crippen molar-refractivity contribution in [1.29, 1.82) is 0 Å². The molecule has 1 rings (SSSR count). The van der Waals surface area contributed by atoms with Crippen molar-refractivity contribution in [3.05, 3.63) is 29.8 Å². The van der Waals surface area contributed by atoms with Gasteiger partial charge < -0.3 is 5.73 Å². The molecule has 1 aromatic carbocycles. The van der Waals surface area contributed by atoms with Gasteiger partial charge in [-0.05, 0) is 19.1 Å². The minimum absolute atomic E-state index is 0. The quantitative estimate of drug-likeness (QED) is 0.465. The number of halogens is 1. The van der Waals surface area contributed by atoms with Gasteiger partial charge in [-0.25, -0.2) is 0 Å². The molecule has 2 heteroatoms. The standard InChI is InChI=1S/C9H9N.ClH/c1-2-5-8-6-3-4-7-9(8)10;/h3-4,6-7H,10H2,1H3;1H. The summed E-state index contributed by atoms with van der Waals surface area (Å²) >= 11 is 0. The van der Waals surface area contributed by atoms with E-state index in [9.17, 15) is 0 Å². The van der Waals surface area contributed by atoms with Crippen LogP contribution in [-0.2, 0) is 0 Å². The topological polar surface area (TPSA) is 26.0 Å². The Labute approximate surface area is 73.0 Å². The molecule has 0 atom stereocenters. The summed E-state index contributed by atoms with van der Waals surface area (Å²) in [6, 6.07) is 7.58. The number of hydrogen-bond donors (Lipinski definition) is 1. The van der Waals surface area contributed by atoms with Crippen LogP contribution in [0.3, 0.4) is 0 Å². The van der Waals surface area contributed by atoms with E-state index in [-0.39, 0.29) is 12.4 Å². The second-order valence-electron chi connectivity index (χ2n) is 1.96. The number of para-hydroxylation sites is 1. The van der Waals surface area contributed by atoms with Crippen LogP contribution in [0.5, 0.6) is 0 Å². The van der Waals surface area contributed by atoms with Crippen LogP contribution in [-0.4, -0.2) is 0 Å². The number of nitrogens with two attached hydrogens (primary N) is 1. The first kappa shape index (κ1) is 9.87. The van der Waals surface area contributed by atoms with Gasteiger partial charge >= 0.3 is 0 Å². The molecule has 0 amide bonds. The van der Waals surface area contributed by atoms with Crippen molar-refractivity contribution in [2.24, 2.45) is 0 Å². The third-order valence-corrected chi connectivity index (χ3v) is 1.22. The molecule has 0 aliphatic rings. The van der Waals surface area contributed by atoms with Gasteiger partial charge in [-0.3, -0.25) is 0 Å². The second-order valence-corrected chi connectivity index (χ2v) is 1.96. The molecule has 11 heavy (non-hydrogen) atoms. The predicted octanol–water partition coefficient (Wildman–Crippen LogP) is 2.06. The molecule has 0 spiro atoms. The minimum atomic E-state index is 0. The van der Waals surface area contributed by atoms with E-state index in [0.29, 0.717) is 0 Å². The summed E-state index contributed by atoms with van der Waals surface area (Å²) in [5.74, 6) is 5.70. The minimum Gasteiger partial charge on any atom is -0.398 e. The zero-order chi connectivity index (χ0) is 7.40. The van der Waals surface area contributed by atoms with Gasteiger partial charge in [-0.15, -0.1) is 18.3 Å². The van der Waals surface area contributed by atoms with Crippen LogP contribution in [0, 0.1) is 11.8 Å². The van der Waals surface area contributed by atoms with Gasteiger partial charge in [0.25, 0.3) is 0 Å². The molecule has 1 nitrogen and oxygen atoms in total. The number of rotatable bonds is 0. The molecule has 0 fully saturated rings. The Morgan fingerprint density at radius 1 is 1.27 bits per heavy atom. The first-order valence-corrected chi connectivity index (χ1v) is 3.12. The third-order valence-electron chi connectivity index (χ3n) is 1.22. The average molecular weight is 168 g/mol. The zero-order valence-electron chi connectivity index (χ0n) is 6.29. The van der Waals surface area contributed by atoms with Crippen LogP contribution >= 0.6 is 12.4 Å². The highest BCUT2D eigenvalue weighted by Crippen LogP contribution is 2.07. The lowest BCUT2D eigenvalue weighted by molar-refractivity contribution is 1.62. The van der Waals surface area contributed by atoms with E-state index in [0.717, 1.165) is 11.3 Å². The molecule has 0 unspecified atom stereocenters. The normalized spacial score (nSPS) is 7.36. The highest BCUT2D eigenvalue weighted by molar-refractivity contribution is 5.85. The molecule has 0 aliphatic carbocycles. The van der Waals surface area contributed by atoms with Gasteiger partial charge in [-0.2, -0.15) is 0 Å². The van der Waals surface area contributed by atoms with Crippen molar-refractivity contribution in [2.45, 2.75) is 6.92 Å². The molecular formula is C9H10ClN. The van der Waals surface area contributed by atoms with Crippen molar-refractivity contribution in [1.82, 2.24) is 0 Å². The molecule has 58 valence electrons. The lowest BCUT2D eigenvalue weighted by Crippen LogP contribution is -1.87. The monoisotopic (exact) mass is 167 g/mol. The van der Waals surface area contributed by atoms with Crippen molar-refractivity contribution >= 4 is 18.1 Å². The van der Waals surface area contributed by atoms with Crippen molar-refractivity contribution in [3.8, 4) is 11.8 Å². The maximum atomic E-state index is 5.60.